The van der Waals surface area contributed by atoms with Gasteiger partial charge in [0, 0.05) is 12.7 Å². The van der Waals surface area contributed by atoms with Crippen molar-refractivity contribution in [2.45, 2.75) is 49.9 Å². The minimum atomic E-state index is -4.61. The fourth-order valence-electron chi connectivity index (χ4n) is 3.27. The van der Waals surface area contributed by atoms with Crippen molar-refractivity contribution < 1.29 is 40.6 Å². The fourth-order valence-corrected chi connectivity index (χ4v) is 3.27. The number of amides is 2. The van der Waals surface area contributed by atoms with Crippen LogP contribution in [0.5, 0.6) is 0 Å². The maximum atomic E-state index is 13.1. The normalized spacial score (nSPS) is 19.5. The van der Waals surface area contributed by atoms with Gasteiger partial charge >= 0.3 is 18.4 Å². The van der Waals surface area contributed by atoms with E-state index in [-0.39, 0.29) is 17.9 Å². The summed E-state index contributed by atoms with van der Waals surface area (Å²) in [5.74, 6) is 0. The van der Waals surface area contributed by atoms with Gasteiger partial charge in [-0.3, -0.25) is 0 Å². The maximum absolute atomic E-state index is 13.1. The van der Waals surface area contributed by atoms with Crippen LogP contribution in [-0.2, 0) is 9.47 Å². The molecule has 0 aliphatic carbocycles. The van der Waals surface area contributed by atoms with Crippen LogP contribution in [0.25, 0.3) is 5.65 Å². The zero-order valence-corrected chi connectivity index (χ0v) is 18.4. The highest BCUT2D eigenvalue weighted by Crippen LogP contribution is 2.34. The number of methoxy groups -OCH3 is 1. The number of urea groups is 1. The van der Waals surface area contributed by atoms with Crippen molar-refractivity contribution in [3.05, 3.63) is 29.7 Å². The molecule has 190 valence electrons. The molecule has 3 N–H and O–H groups in total. The Kier molecular flexibility index (Phi) is 7.01. The molecule has 1 saturated heterocycles. The standard InChI is InChI=1S/C19H24F6N6O3/c1-17(2,19(23,24)25)34-8-11(26)12-6-31-15(28-12)4-10(5-27-31)13(9-33-3)30-7-14(18(20,21)22)29-16(30)32/h4-6,11,13-14H,7-9,26H2,1-3H3,(H,29,32)/t11-,13+,14?/m0/s1. The fraction of sp³-hybridized carbons (Fsp3) is 0.632. The molecule has 0 spiro atoms. The molecule has 3 heterocycles. The number of ether oxygens (including phenoxy) is 2. The molecule has 15 heteroatoms. The Morgan fingerprint density at radius 1 is 1.24 bits per heavy atom. The molecule has 3 rings (SSSR count). The lowest BCUT2D eigenvalue weighted by atomic mass is 10.1. The SMILES string of the molecule is COC[C@H](c1cnn2cc([C@@H](N)COC(C)(C)C(F)(F)F)nc2c1)N1CC(C(F)(F)F)NC1=O. The molecule has 0 radical (unpaired) electrons. The van der Waals surface area contributed by atoms with Crippen LogP contribution in [-0.4, -0.2) is 76.4 Å². The van der Waals surface area contributed by atoms with Crippen molar-refractivity contribution in [3.8, 4) is 0 Å². The van der Waals surface area contributed by atoms with Gasteiger partial charge in [-0.05, 0) is 19.9 Å². The number of hydrogen-bond donors (Lipinski definition) is 2. The summed E-state index contributed by atoms with van der Waals surface area (Å²) in [5.41, 5.74) is 4.31. The Bertz CT molecular complexity index is 1020. The second-order valence-corrected chi connectivity index (χ2v) is 8.35. The van der Waals surface area contributed by atoms with Crippen molar-refractivity contribution >= 4 is 11.7 Å². The van der Waals surface area contributed by atoms with Gasteiger partial charge < -0.3 is 25.4 Å². The van der Waals surface area contributed by atoms with Crippen LogP contribution >= 0.6 is 0 Å². The lowest BCUT2D eigenvalue weighted by Gasteiger charge is -2.28. The number of imidazole rings is 1. The smallest absolute Gasteiger partial charge is 0.382 e. The maximum Gasteiger partial charge on any atom is 0.416 e. The van der Waals surface area contributed by atoms with E-state index >= 15 is 0 Å². The molecule has 2 aromatic heterocycles. The summed E-state index contributed by atoms with van der Waals surface area (Å²) in [6.45, 7) is 0.570. The van der Waals surface area contributed by atoms with E-state index in [2.05, 4.69) is 10.1 Å². The van der Waals surface area contributed by atoms with Crippen LogP contribution < -0.4 is 11.1 Å². The molecular weight excluding hydrogens is 474 g/mol. The Morgan fingerprint density at radius 2 is 1.91 bits per heavy atom. The first-order chi connectivity index (χ1) is 15.6. The lowest BCUT2D eigenvalue weighted by Crippen LogP contribution is -2.43. The van der Waals surface area contributed by atoms with Crippen molar-refractivity contribution in [1.29, 1.82) is 0 Å². The molecule has 3 atom stereocenters. The first kappa shape index (κ1) is 26.0. The van der Waals surface area contributed by atoms with Gasteiger partial charge in [-0.1, -0.05) is 0 Å². The molecule has 1 unspecified atom stereocenters. The number of carbonyl (C=O) groups excluding carboxylic acids is 1. The number of nitrogens with two attached hydrogens (primary N) is 1. The highest BCUT2D eigenvalue weighted by atomic mass is 19.4. The number of hydrogen-bond acceptors (Lipinski definition) is 6. The number of fused-ring (bicyclic) bond motifs is 1. The molecule has 1 aliphatic heterocycles. The first-order valence-electron chi connectivity index (χ1n) is 10.1. The zero-order valence-electron chi connectivity index (χ0n) is 18.4. The van der Waals surface area contributed by atoms with Gasteiger partial charge in [0.1, 0.15) is 6.04 Å². The van der Waals surface area contributed by atoms with E-state index in [1.807, 2.05) is 5.32 Å². The van der Waals surface area contributed by atoms with Gasteiger partial charge in [-0.15, -0.1) is 0 Å². The molecular formula is C19H24F6N6O3. The largest absolute Gasteiger partial charge is 0.416 e. The molecule has 34 heavy (non-hydrogen) atoms. The third kappa shape index (κ3) is 5.36. The Balaban J connectivity index is 1.81. The molecule has 0 saturated carbocycles. The minimum absolute atomic E-state index is 0.108. The van der Waals surface area contributed by atoms with E-state index in [0.29, 0.717) is 5.56 Å². The predicted octanol–water partition coefficient (Wildman–Crippen LogP) is 2.73. The Labute approximate surface area is 190 Å². The average Bonchev–Trinajstić information content (AvgIpc) is 3.32. The summed E-state index contributed by atoms with van der Waals surface area (Å²) in [6.07, 6.45) is -6.46. The topological polar surface area (TPSA) is 107 Å². The quantitative estimate of drug-likeness (QED) is 0.542. The molecule has 1 fully saturated rings. The number of nitrogens with zero attached hydrogens (tertiary/aromatic N) is 4. The molecule has 9 nitrogen and oxygen atoms in total. The van der Waals surface area contributed by atoms with Crippen molar-refractivity contribution in [3.63, 3.8) is 0 Å². The van der Waals surface area contributed by atoms with Crippen molar-refractivity contribution in [1.82, 2.24) is 24.8 Å². The van der Waals surface area contributed by atoms with Crippen LogP contribution in [0.2, 0.25) is 0 Å². The van der Waals surface area contributed by atoms with E-state index in [1.54, 1.807) is 0 Å². The number of nitrogens with one attached hydrogen (secondary N) is 1. The number of alkyl halides is 6. The highest BCUT2D eigenvalue weighted by molar-refractivity contribution is 5.77. The van der Waals surface area contributed by atoms with Gasteiger partial charge in [0.25, 0.3) is 0 Å². The van der Waals surface area contributed by atoms with Gasteiger partial charge in [0.15, 0.2) is 11.2 Å². The van der Waals surface area contributed by atoms with Crippen LogP contribution in [0.15, 0.2) is 18.5 Å². The van der Waals surface area contributed by atoms with Gasteiger partial charge in [-0.25, -0.2) is 14.3 Å². The van der Waals surface area contributed by atoms with E-state index in [4.69, 9.17) is 15.2 Å². The second-order valence-electron chi connectivity index (χ2n) is 8.35. The van der Waals surface area contributed by atoms with Crippen LogP contribution in [0.3, 0.4) is 0 Å². The molecule has 1 aliphatic rings. The third-order valence-electron chi connectivity index (χ3n) is 5.46. The third-order valence-corrected chi connectivity index (χ3v) is 5.46. The zero-order chi connectivity index (χ0) is 25.5. The van der Waals surface area contributed by atoms with E-state index in [0.717, 1.165) is 18.7 Å². The minimum Gasteiger partial charge on any atom is -0.382 e. The summed E-state index contributed by atoms with van der Waals surface area (Å²) in [6, 6.07) is -3.33. The molecule has 2 aromatic rings. The van der Waals surface area contributed by atoms with Gasteiger partial charge in [0.05, 0.1) is 49.9 Å². The lowest BCUT2D eigenvalue weighted by molar-refractivity contribution is -0.264. The van der Waals surface area contributed by atoms with Crippen molar-refractivity contribution in [2.24, 2.45) is 5.73 Å². The first-order valence-corrected chi connectivity index (χ1v) is 10.1. The summed E-state index contributed by atoms with van der Waals surface area (Å²) in [5, 5.41) is 6.04. The van der Waals surface area contributed by atoms with Crippen LogP contribution in [0, 0.1) is 0 Å². The van der Waals surface area contributed by atoms with Crippen LogP contribution in [0.4, 0.5) is 31.1 Å². The average molecular weight is 498 g/mol. The highest BCUT2D eigenvalue weighted by Gasteiger charge is 2.49. The second kappa shape index (κ2) is 9.19. The Morgan fingerprint density at radius 3 is 2.47 bits per heavy atom. The molecule has 0 aromatic carbocycles. The van der Waals surface area contributed by atoms with Gasteiger partial charge in [0.2, 0.25) is 0 Å². The number of aromatic nitrogens is 3. The number of rotatable bonds is 8. The van der Waals surface area contributed by atoms with E-state index in [9.17, 15) is 31.1 Å². The number of halogens is 6. The van der Waals surface area contributed by atoms with E-state index < -0.39 is 55.3 Å². The summed E-state index contributed by atoms with van der Waals surface area (Å²) < 4.78 is 89.5. The predicted molar refractivity (Wildman–Crippen MR) is 106 cm³/mol. The summed E-state index contributed by atoms with van der Waals surface area (Å²) in [7, 11) is 1.34. The van der Waals surface area contributed by atoms with Crippen LogP contribution in [0.1, 0.15) is 37.2 Å². The van der Waals surface area contributed by atoms with Crippen molar-refractivity contribution in [2.75, 3.05) is 26.9 Å². The monoisotopic (exact) mass is 498 g/mol. The van der Waals surface area contributed by atoms with E-state index in [1.165, 1.54) is 30.1 Å². The summed E-state index contributed by atoms with van der Waals surface area (Å²) >= 11 is 0. The molecule has 2 amide bonds. The number of carbonyl (C=O) groups is 1. The summed E-state index contributed by atoms with van der Waals surface area (Å²) in [4.78, 5) is 17.5. The van der Waals surface area contributed by atoms with Gasteiger partial charge in [-0.2, -0.15) is 31.4 Å². The Hall–Kier alpha value is -2.65. The molecule has 0 bridgehead atoms.